The molecule has 2 rings (SSSR count). The van der Waals surface area contributed by atoms with Gasteiger partial charge in [-0.1, -0.05) is 51.5 Å². The third-order valence-electron chi connectivity index (χ3n) is 8.35. The second kappa shape index (κ2) is 19.2. The van der Waals surface area contributed by atoms with Gasteiger partial charge in [0.2, 0.25) is 0 Å². The molecule has 2 unspecified atom stereocenters. The van der Waals surface area contributed by atoms with Crippen LogP contribution in [0.4, 0.5) is 8.78 Å². The predicted molar refractivity (Wildman–Crippen MR) is 153 cm³/mol. The lowest BCUT2D eigenvalue weighted by Crippen LogP contribution is -2.36. The maximum atomic E-state index is 14.7. The summed E-state index contributed by atoms with van der Waals surface area (Å²) in [4.78, 5) is 11.6. The van der Waals surface area contributed by atoms with Crippen LogP contribution < -0.4 is 0 Å². The van der Waals surface area contributed by atoms with Gasteiger partial charge in [-0.3, -0.25) is 0 Å². The van der Waals surface area contributed by atoms with E-state index in [0.29, 0.717) is 25.9 Å². The monoisotopic (exact) mass is 574 g/mol. The summed E-state index contributed by atoms with van der Waals surface area (Å²) in [5.41, 5.74) is 0. The Morgan fingerprint density at radius 1 is 1.05 bits per heavy atom. The third kappa shape index (κ3) is 13.3. The molecule has 1 heterocycles. The molecule has 1 aliphatic heterocycles. The van der Waals surface area contributed by atoms with Crippen LogP contribution in [-0.4, -0.2) is 59.4 Å². The van der Waals surface area contributed by atoms with E-state index in [-0.39, 0.29) is 49.1 Å². The first-order chi connectivity index (χ1) is 19.1. The molecule has 6 atom stereocenters. The van der Waals surface area contributed by atoms with Crippen LogP contribution in [0.5, 0.6) is 0 Å². The predicted octanol–water partition coefficient (Wildman–Crippen LogP) is 7.49. The Hall–Kier alpha value is -1.09. The minimum absolute atomic E-state index is 0.00558. The van der Waals surface area contributed by atoms with Crippen LogP contribution >= 0.6 is 0 Å². The molecule has 0 aromatic carbocycles. The van der Waals surface area contributed by atoms with E-state index in [1.165, 1.54) is 6.08 Å². The fourth-order valence-corrected chi connectivity index (χ4v) is 6.09. The number of ether oxygens (including phenoxy) is 3. The van der Waals surface area contributed by atoms with Gasteiger partial charge in [0.15, 0.2) is 6.29 Å². The summed E-state index contributed by atoms with van der Waals surface area (Å²) in [7, 11) is 0. The van der Waals surface area contributed by atoms with Gasteiger partial charge in [0.05, 0.1) is 18.3 Å². The van der Waals surface area contributed by atoms with Crippen molar-refractivity contribution >= 4 is 5.97 Å². The number of halogens is 2. The zero-order valence-electron chi connectivity index (χ0n) is 25.2. The lowest BCUT2D eigenvalue weighted by atomic mass is 9.84. The lowest BCUT2D eigenvalue weighted by Gasteiger charge is -2.31. The number of allylic oxidation sites excluding steroid dienone is 1. The third-order valence-corrected chi connectivity index (χ3v) is 8.35. The standard InChI is InChI=1S/C32H56F2O6/c1-4-5-6-14-21-32(33,34)29(36)20-19-26-25(27(35)23-28(26)40-31-18-13-15-22-38-31)16-11-9-7-8-10-12-17-30(37)39-24(2)3/h12,17,24-29,31,35-36H,4-11,13-16,18-23H2,1-3H3/b17-12+/t25-,26-,27+,28-,29?,31?/m1/s1. The van der Waals surface area contributed by atoms with Crippen molar-refractivity contribution < 1.29 is 38.0 Å². The fraction of sp³-hybridized carbons (Fsp3) is 0.906. The Balaban J connectivity index is 1.85. The van der Waals surface area contributed by atoms with E-state index in [0.717, 1.165) is 77.0 Å². The quantitative estimate of drug-likeness (QED) is 0.0890. The number of carbonyl (C=O) groups is 1. The van der Waals surface area contributed by atoms with Gasteiger partial charge < -0.3 is 24.4 Å². The van der Waals surface area contributed by atoms with Crippen molar-refractivity contribution in [2.75, 3.05) is 6.61 Å². The van der Waals surface area contributed by atoms with E-state index < -0.39 is 18.1 Å². The van der Waals surface area contributed by atoms with Crippen molar-refractivity contribution in [1.82, 2.24) is 0 Å². The summed E-state index contributed by atoms with van der Waals surface area (Å²) in [6, 6.07) is 0. The molecule has 2 fully saturated rings. The van der Waals surface area contributed by atoms with E-state index in [4.69, 9.17) is 14.2 Å². The molecule has 1 saturated carbocycles. The average molecular weight is 575 g/mol. The maximum absolute atomic E-state index is 14.7. The number of alkyl halides is 2. The van der Waals surface area contributed by atoms with Gasteiger partial charge in [-0.25, -0.2) is 13.6 Å². The first-order valence-electron chi connectivity index (χ1n) is 16.0. The van der Waals surface area contributed by atoms with Crippen LogP contribution in [0.3, 0.4) is 0 Å². The fourth-order valence-electron chi connectivity index (χ4n) is 6.09. The largest absolute Gasteiger partial charge is 0.460 e. The van der Waals surface area contributed by atoms with Crippen molar-refractivity contribution in [2.24, 2.45) is 11.8 Å². The Bertz CT molecular complexity index is 710. The molecule has 40 heavy (non-hydrogen) atoms. The van der Waals surface area contributed by atoms with Crippen LogP contribution in [0.2, 0.25) is 0 Å². The molecule has 0 radical (unpaired) electrons. The van der Waals surface area contributed by atoms with Crippen LogP contribution in [0.15, 0.2) is 12.2 Å². The summed E-state index contributed by atoms with van der Waals surface area (Å²) >= 11 is 0. The van der Waals surface area contributed by atoms with Crippen molar-refractivity contribution in [3.63, 3.8) is 0 Å². The molecule has 2 aliphatic rings. The summed E-state index contributed by atoms with van der Waals surface area (Å²) in [5, 5.41) is 21.4. The highest BCUT2D eigenvalue weighted by Crippen LogP contribution is 2.43. The Morgan fingerprint density at radius 3 is 2.50 bits per heavy atom. The molecular weight excluding hydrogens is 518 g/mol. The van der Waals surface area contributed by atoms with Crippen LogP contribution in [0.25, 0.3) is 0 Å². The van der Waals surface area contributed by atoms with Gasteiger partial charge >= 0.3 is 5.97 Å². The van der Waals surface area contributed by atoms with Crippen molar-refractivity contribution in [1.29, 1.82) is 0 Å². The normalized spacial score (nSPS) is 26.6. The summed E-state index contributed by atoms with van der Waals surface area (Å²) in [6.45, 7) is 6.35. The molecule has 0 amide bonds. The van der Waals surface area contributed by atoms with Gasteiger partial charge in [-0.05, 0) is 83.5 Å². The first-order valence-corrected chi connectivity index (χ1v) is 16.0. The van der Waals surface area contributed by atoms with E-state index in [1.807, 2.05) is 26.8 Å². The van der Waals surface area contributed by atoms with Crippen LogP contribution in [-0.2, 0) is 19.0 Å². The highest BCUT2D eigenvalue weighted by Gasteiger charge is 2.45. The minimum Gasteiger partial charge on any atom is -0.460 e. The molecule has 1 aliphatic carbocycles. The molecule has 6 nitrogen and oxygen atoms in total. The Kier molecular flexibility index (Phi) is 16.8. The number of aliphatic hydroxyl groups excluding tert-OH is 2. The first kappa shape index (κ1) is 35.1. The van der Waals surface area contributed by atoms with Crippen LogP contribution in [0, 0.1) is 11.8 Å². The summed E-state index contributed by atoms with van der Waals surface area (Å²) in [6.07, 6.45) is 12.5. The molecular formula is C32H56F2O6. The molecule has 1 saturated heterocycles. The van der Waals surface area contributed by atoms with E-state index in [1.54, 1.807) is 0 Å². The van der Waals surface area contributed by atoms with Gasteiger partial charge in [-0.15, -0.1) is 0 Å². The second-order valence-electron chi connectivity index (χ2n) is 12.1. The average Bonchev–Trinajstić information content (AvgIpc) is 3.20. The number of esters is 1. The van der Waals surface area contributed by atoms with Gasteiger partial charge in [0.1, 0.15) is 6.10 Å². The van der Waals surface area contributed by atoms with Crippen molar-refractivity contribution in [3.8, 4) is 0 Å². The highest BCUT2D eigenvalue weighted by molar-refractivity contribution is 5.81. The molecule has 234 valence electrons. The zero-order valence-corrected chi connectivity index (χ0v) is 25.2. The van der Waals surface area contributed by atoms with Gasteiger partial charge in [0.25, 0.3) is 5.92 Å². The van der Waals surface area contributed by atoms with Gasteiger partial charge in [0, 0.05) is 25.5 Å². The van der Waals surface area contributed by atoms with E-state index in [9.17, 15) is 23.8 Å². The van der Waals surface area contributed by atoms with E-state index >= 15 is 0 Å². The van der Waals surface area contributed by atoms with Gasteiger partial charge in [-0.2, -0.15) is 0 Å². The number of hydrogen-bond donors (Lipinski definition) is 2. The summed E-state index contributed by atoms with van der Waals surface area (Å²) in [5.74, 6) is -3.53. The number of hydrogen-bond acceptors (Lipinski definition) is 6. The Labute approximate surface area is 241 Å². The lowest BCUT2D eigenvalue weighted by molar-refractivity contribution is -0.197. The summed E-state index contributed by atoms with van der Waals surface area (Å²) < 4.78 is 46.5. The topological polar surface area (TPSA) is 85.2 Å². The number of rotatable bonds is 20. The second-order valence-corrected chi connectivity index (χ2v) is 12.1. The van der Waals surface area contributed by atoms with E-state index in [2.05, 4.69) is 0 Å². The van der Waals surface area contributed by atoms with Crippen molar-refractivity contribution in [2.45, 2.75) is 167 Å². The smallest absolute Gasteiger partial charge is 0.330 e. The molecule has 0 bridgehead atoms. The molecule has 0 aromatic rings. The SMILES string of the molecule is CCCCCCC(F)(F)C(O)CC[C@@H]1[C@@H](CCCCCC/C=C/C(=O)OC(C)C)[C@@H](O)C[C@H]1OC1CCCCO1. The molecule has 0 aromatic heterocycles. The highest BCUT2D eigenvalue weighted by atomic mass is 19.3. The Morgan fingerprint density at radius 2 is 1.80 bits per heavy atom. The minimum atomic E-state index is -3.09. The molecule has 0 spiro atoms. The maximum Gasteiger partial charge on any atom is 0.330 e. The number of carbonyl (C=O) groups excluding carboxylic acids is 1. The molecule has 8 heteroatoms. The zero-order chi connectivity index (χ0) is 29.4. The van der Waals surface area contributed by atoms with Crippen molar-refractivity contribution in [3.05, 3.63) is 12.2 Å². The van der Waals surface area contributed by atoms with Crippen LogP contribution in [0.1, 0.15) is 130 Å². The molecule has 2 N–H and O–H groups in total. The number of aliphatic hydroxyl groups is 2. The number of unbranched alkanes of at least 4 members (excludes halogenated alkanes) is 7.